The molecule has 1 aliphatic carbocycles. The minimum Gasteiger partial charge on any atom is -0.346 e. The Morgan fingerprint density at radius 1 is 1.21 bits per heavy atom. The minimum atomic E-state index is -0.462. The Morgan fingerprint density at radius 3 is 2.71 bits per heavy atom. The van der Waals surface area contributed by atoms with Gasteiger partial charge in [0.25, 0.3) is 11.6 Å². The number of fused-ring (bicyclic) bond motifs is 1. The summed E-state index contributed by atoms with van der Waals surface area (Å²) in [7, 11) is 0. The molecular weight excluding hydrogens is 304 g/mol. The zero-order valence-corrected chi connectivity index (χ0v) is 13.8. The molecule has 0 radical (unpaired) electrons. The molecule has 0 heterocycles. The van der Waals surface area contributed by atoms with Crippen LogP contribution < -0.4 is 5.32 Å². The van der Waals surface area contributed by atoms with Crippen molar-refractivity contribution in [2.24, 2.45) is 0 Å². The Balaban J connectivity index is 1.80. The highest BCUT2D eigenvalue weighted by atomic mass is 16.6. The van der Waals surface area contributed by atoms with Crippen molar-refractivity contribution in [1.82, 2.24) is 5.32 Å². The predicted molar refractivity (Wildman–Crippen MR) is 92.2 cm³/mol. The molecule has 0 fully saturated rings. The maximum Gasteiger partial charge on any atom is 0.273 e. The predicted octanol–water partition coefficient (Wildman–Crippen LogP) is 3.88. The highest BCUT2D eigenvalue weighted by Crippen LogP contribution is 2.26. The average molecular weight is 324 g/mol. The second-order valence-corrected chi connectivity index (χ2v) is 6.28. The standard InChI is InChI=1S/C19H20N2O3/c1-12-17(7-4-8-18(12)21(23)24)19(22)20-13(2)15-10-9-14-5-3-6-16(14)11-15/h4,7-11,13H,3,5-6H2,1-2H3,(H,20,22). The van der Waals surface area contributed by atoms with E-state index in [4.69, 9.17) is 0 Å². The summed E-state index contributed by atoms with van der Waals surface area (Å²) in [5.41, 5.74) is 4.52. The lowest BCUT2D eigenvalue weighted by atomic mass is 10.0. The molecule has 2 aromatic carbocycles. The Morgan fingerprint density at radius 2 is 1.96 bits per heavy atom. The first kappa shape index (κ1) is 16.2. The van der Waals surface area contributed by atoms with Crippen molar-refractivity contribution >= 4 is 11.6 Å². The van der Waals surface area contributed by atoms with Gasteiger partial charge in [0.1, 0.15) is 0 Å². The van der Waals surface area contributed by atoms with Crippen molar-refractivity contribution in [1.29, 1.82) is 0 Å². The van der Waals surface area contributed by atoms with Crippen molar-refractivity contribution in [2.45, 2.75) is 39.2 Å². The van der Waals surface area contributed by atoms with Crippen LogP contribution in [0.3, 0.4) is 0 Å². The molecule has 0 saturated carbocycles. The lowest BCUT2D eigenvalue weighted by molar-refractivity contribution is -0.385. The summed E-state index contributed by atoms with van der Waals surface area (Å²) in [4.78, 5) is 23.1. The first-order valence-corrected chi connectivity index (χ1v) is 8.14. The third-order valence-electron chi connectivity index (χ3n) is 4.72. The maximum atomic E-state index is 12.5. The first-order chi connectivity index (χ1) is 11.5. The van der Waals surface area contributed by atoms with E-state index in [-0.39, 0.29) is 17.6 Å². The molecule has 124 valence electrons. The number of rotatable bonds is 4. The van der Waals surface area contributed by atoms with Crippen molar-refractivity contribution in [3.05, 3.63) is 74.3 Å². The van der Waals surface area contributed by atoms with E-state index in [9.17, 15) is 14.9 Å². The Hall–Kier alpha value is -2.69. The lowest BCUT2D eigenvalue weighted by Gasteiger charge is -2.16. The van der Waals surface area contributed by atoms with Gasteiger partial charge in [-0.1, -0.05) is 24.3 Å². The van der Waals surface area contributed by atoms with Gasteiger partial charge in [-0.3, -0.25) is 14.9 Å². The first-order valence-electron chi connectivity index (χ1n) is 8.14. The fourth-order valence-electron chi connectivity index (χ4n) is 3.29. The summed E-state index contributed by atoms with van der Waals surface area (Å²) in [6, 6.07) is 10.8. The van der Waals surface area contributed by atoms with E-state index in [1.54, 1.807) is 19.1 Å². The minimum absolute atomic E-state index is 0.0344. The molecule has 5 heteroatoms. The van der Waals surface area contributed by atoms with Crippen LogP contribution in [0.15, 0.2) is 36.4 Å². The van der Waals surface area contributed by atoms with Gasteiger partial charge >= 0.3 is 0 Å². The number of nitro groups is 1. The number of carbonyl (C=O) groups is 1. The van der Waals surface area contributed by atoms with Gasteiger partial charge in [-0.15, -0.1) is 0 Å². The Kier molecular flexibility index (Phi) is 4.34. The maximum absolute atomic E-state index is 12.5. The number of carbonyl (C=O) groups excluding carboxylic acids is 1. The van der Waals surface area contributed by atoms with Crippen LogP contribution in [0, 0.1) is 17.0 Å². The Bertz CT molecular complexity index is 814. The van der Waals surface area contributed by atoms with E-state index >= 15 is 0 Å². The summed E-state index contributed by atoms with van der Waals surface area (Å²) in [6.07, 6.45) is 3.41. The van der Waals surface area contributed by atoms with Crippen molar-refractivity contribution < 1.29 is 9.72 Å². The van der Waals surface area contributed by atoms with Crippen molar-refractivity contribution in [3.8, 4) is 0 Å². The molecule has 3 rings (SSSR count). The third-order valence-corrected chi connectivity index (χ3v) is 4.72. The number of nitrogens with one attached hydrogen (secondary N) is 1. The quantitative estimate of drug-likeness (QED) is 0.685. The molecule has 1 atom stereocenters. The molecule has 1 aliphatic rings. The molecule has 24 heavy (non-hydrogen) atoms. The van der Waals surface area contributed by atoms with Gasteiger partial charge in [-0.05, 0) is 55.9 Å². The van der Waals surface area contributed by atoms with Gasteiger partial charge in [-0.2, -0.15) is 0 Å². The smallest absolute Gasteiger partial charge is 0.273 e. The number of nitro benzene ring substituents is 1. The number of aryl methyl sites for hydroxylation is 2. The van der Waals surface area contributed by atoms with Gasteiger partial charge in [-0.25, -0.2) is 0 Å². The fraction of sp³-hybridized carbons (Fsp3) is 0.316. The largest absolute Gasteiger partial charge is 0.346 e. The molecule has 1 amide bonds. The lowest BCUT2D eigenvalue weighted by Crippen LogP contribution is -2.27. The van der Waals surface area contributed by atoms with Crippen molar-refractivity contribution in [2.75, 3.05) is 0 Å². The van der Waals surface area contributed by atoms with E-state index in [0.29, 0.717) is 11.1 Å². The van der Waals surface area contributed by atoms with Gasteiger partial charge in [0.2, 0.25) is 0 Å². The molecule has 0 aliphatic heterocycles. The van der Waals surface area contributed by atoms with Crippen LogP contribution in [0.25, 0.3) is 0 Å². The molecule has 1 unspecified atom stereocenters. The number of hydrogen-bond donors (Lipinski definition) is 1. The molecular formula is C19H20N2O3. The van der Waals surface area contributed by atoms with Crippen LogP contribution in [0.1, 0.15) is 52.0 Å². The summed E-state index contributed by atoms with van der Waals surface area (Å²) >= 11 is 0. The number of hydrogen-bond acceptors (Lipinski definition) is 3. The normalized spacial score (nSPS) is 14.1. The second kappa shape index (κ2) is 6.43. The average Bonchev–Trinajstić information content (AvgIpc) is 3.02. The topological polar surface area (TPSA) is 72.2 Å². The van der Waals surface area contributed by atoms with Crippen LogP contribution in [0.5, 0.6) is 0 Å². The monoisotopic (exact) mass is 324 g/mol. The molecule has 0 spiro atoms. The van der Waals surface area contributed by atoms with E-state index in [0.717, 1.165) is 18.4 Å². The zero-order chi connectivity index (χ0) is 17.3. The van der Waals surface area contributed by atoms with Crippen LogP contribution in [-0.2, 0) is 12.8 Å². The number of amides is 1. The molecule has 0 bridgehead atoms. The van der Waals surface area contributed by atoms with E-state index in [1.165, 1.54) is 23.6 Å². The van der Waals surface area contributed by atoms with Crippen LogP contribution >= 0.6 is 0 Å². The van der Waals surface area contributed by atoms with Crippen molar-refractivity contribution in [3.63, 3.8) is 0 Å². The molecule has 2 aromatic rings. The molecule has 5 nitrogen and oxygen atoms in total. The summed E-state index contributed by atoms with van der Waals surface area (Å²) in [6.45, 7) is 3.54. The van der Waals surface area contributed by atoms with Gasteiger partial charge < -0.3 is 5.32 Å². The van der Waals surface area contributed by atoms with Crippen LogP contribution in [0.4, 0.5) is 5.69 Å². The van der Waals surface area contributed by atoms with Gasteiger partial charge in [0, 0.05) is 17.2 Å². The third kappa shape index (κ3) is 3.02. The number of nitrogens with zero attached hydrogens (tertiary/aromatic N) is 1. The SMILES string of the molecule is Cc1c(C(=O)NC(C)c2ccc3c(c2)CCC3)cccc1[N+](=O)[O-]. The highest BCUT2D eigenvalue weighted by molar-refractivity contribution is 5.96. The second-order valence-electron chi connectivity index (χ2n) is 6.28. The van der Waals surface area contributed by atoms with E-state index in [2.05, 4.69) is 23.5 Å². The summed E-state index contributed by atoms with van der Waals surface area (Å²) in [5, 5.41) is 14.0. The van der Waals surface area contributed by atoms with Gasteiger partial charge in [0.05, 0.1) is 11.0 Å². The number of benzene rings is 2. The molecule has 0 aromatic heterocycles. The van der Waals surface area contributed by atoms with E-state index in [1.807, 2.05) is 6.92 Å². The fourth-order valence-corrected chi connectivity index (χ4v) is 3.29. The summed E-state index contributed by atoms with van der Waals surface area (Å²) in [5.74, 6) is -0.288. The Labute approximate surface area is 140 Å². The van der Waals surface area contributed by atoms with Gasteiger partial charge in [0.15, 0.2) is 0 Å². The van der Waals surface area contributed by atoms with Crippen LogP contribution in [-0.4, -0.2) is 10.8 Å². The zero-order valence-electron chi connectivity index (χ0n) is 13.8. The molecule has 1 N–H and O–H groups in total. The van der Waals surface area contributed by atoms with Crippen LogP contribution in [0.2, 0.25) is 0 Å². The highest BCUT2D eigenvalue weighted by Gasteiger charge is 2.20. The summed E-state index contributed by atoms with van der Waals surface area (Å²) < 4.78 is 0. The van der Waals surface area contributed by atoms with E-state index < -0.39 is 4.92 Å². The molecule has 0 saturated heterocycles.